The maximum Gasteiger partial charge on any atom is 0.330 e. The van der Waals surface area contributed by atoms with E-state index in [4.69, 9.17) is 9.47 Å². The van der Waals surface area contributed by atoms with Crippen molar-refractivity contribution < 1.29 is 14.3 Å². The summed E-state index contributed by atoms with van der Waals surface area (Å²) in [5.41, 5.74) is 1.17. The second-order valence-corrected chi connectivity index (χ2v) is 3.83. The summed E-state index contributed by atoms with van der Waals surface area (Å²) in [5.74, 6) is -0.386. The van der Waals surface area contributed by atoms with E-state index in [0.29, 0.717) is 6.61 Å². The zero-order valence-electron chi connectivity index (χ0n) is 10.5. The molecule has 0 spiro atoms. The van der Waals surface area contributed by atoms with Gasteiger partial charge in [-0.3, -0.25) is 0 Å². The standard InChI is InChI=1S/C8H8.C7H10O3/c1-2-8-6-4-3-5-7-8;1-3-7(8)10-5(2)6-4-9-6/h2-7H,1H2;3,5-6H,1,4H2,2H3. The molecule has 3 heteroatoms. The minimum atomic E-state index is -0.386. The lowest BCUT2D eigenvalue weighted by molar-refractivity contribution is -0.143. The highest BCUT2D eigenvalue weighted by Gasteiger charge is 2.31. The van der Waals surface area contributed by atoms with E-state index in [1.807, 2.05) is 36.4 Å². The van der Waals surface area contributed by atoms with E-state index in [1.165, 1.54) is 5.56 Å². The minimum absolute atomic E-state index is 0.115. The number of benzene rings is 1. The van der Waals surface area contributed by atoms with Gasteiger partial charge in [-0.25, -0.2) is 4.79 Å². The van der Waals surface area contributed by atoms with Crippen LogP contribution in [0.1, 0.15) is 12.5 Å². The van der Waals surface area contributed by atoms with Gasteiger partial charge in [0.1, 0.15) is 12.2 Å². The fraction of sp³-hybridized carbons (Fsp3) is 0.267. The molecule has 18 heavy (non-hydrogen) atoms. The highest BCUT2D eigenvalue weighted by molar-refractivity contribution is 5.81. The van der Waals surface area contributed by atoms with Crippen molar-refractivity contribution in [1.82, 2.24) is 0 Å². The van der Waals surface area contributed by atoms with Crippen LogP contribution in [0.5, 0.6) is 0 Å². The normalized spacial score (nSPS) is 17.7. The van der Waals surface area contributed by atoms with E-state index < -0.39 is 0 Å². The van der Waals surface area contributed by atoms with Crippen molar-refractivity contribution >= 4 is 12.0 Å². The third-order valence-corrected chi connectivity index (χ3v) is 2.39. The Morgan fingerprint density at radius 1 is 1.44 bits per heavy atom. The van der Waals surface area contributed by atoms with Crippen LogP contribution in [0, 0.1) is 0 Å². The molecule has 3 nitrogen and oxygen atoms in total. The fourth-order valence-electron chi connectivity index (χ4n) is 1.22. The maximum atomic E-state index is 10.6. The summed E-state index contributed by atoms with van der Waals surface area (Å²) < 4.78 is 9.75. The van der Waals surface area contributed by atoms with E-state index in [2.05, 4.69) is 13.2 Å². The number of hydrogen-bond acceptors (Lipinski definition) is 3. The molecule has 1 fully saturated rings. The van der Waals surface area contributed by atoms with E-state index in [1.54, 1.807) is 6.92 Å². The number of hydrogen-bond donors (Lipinski definition) is 0. The van der Waals surface area contributed by atoms with Gasteiger partial charge in [0.15, 0.2) is 0 Å². The number of rotatable bonds is 4. The van der Waals surface area contributed by atoms with Gasteiger partial charge >= 0.3 is 5.97 Å². The average molecular weight is 246 g/mol. The van der Waals surface area contributed by atoms with Crippen LogP contribution in [0.3, 0.4) is 0 Å². The highest BCUT2D eigenvalue weighted by atomic mass is 16.6. The fourth-order valence-corrected chi connectivity index (χ4v) is 1.22. The van der Waals surface area contributed by atoms with Crippen LogP contribution in [0.25, 0.3) is 6.08 Å². The maximum absolute atomic E-state index is 10.6. The molecule has 1 aliphatic rings. The summed E-state index contributed by atoms with van der Waals surface area (Å²) in [6.45, 7) is 9.41. The molecule has 0 amide bonds. The molecule has 96 valence electrons. The van der Waals surface area contributed by atoms with E-state index in [-0.39, 0.29) is 18.2 Å². The molecule has 1 aliphatic heterocycles. The van der Waals surface area contributed by atoms with Crippen molar-refractivity contribution in [1.29, 1.82) is 0 Å². The molecule has 1 aromatic carbocycles. The number of carbonyl (C=O) groups excluding carboxylic acids is 1. The SMILES string of the molecule is C=CC(=O)OC(C)C1CO1.C=Cc1ccccc1. The van der Waals surface area contributed by atoms with Crippen molar-refractivity contribution in [3.05, 3.63) is 55.1 Å². The first-order valence-corrected chi connectivity index (χ1v) is 5.79. The van der Waals surface area contributed by atoms with Gasteiger partial charge in [0, 0.05) is 6.08 Å². The monoisotopic (exact) mass is 246 g/mol. The third-order valence-electron chi connectivity index (χ3n) is 2.39. The van der Waals surface area contributed by atoms with Crippen LogP contribution in [0.15, 0.2) is 49.6 Å². The lowest BCUT2D eigenvalue weighted by Gasteiger charge is -2.06. The van der Waals surface area contributed by atoms with Gasteiger partial charge in [-0.15, -0.1) is 0 Å². The average Bonchev–Trinajstić information content (AvgIpc) is 3.24. The largest absolute Gasteiger partial charge is 0.457 e. The lowest BCUT2D eigenvalue weighted by Crippen LogP contribution is -2.18. The molecule has 2 atom stereocenters. The first-order valence-electron chi connectivity index (χ1n) is 5.79. The Morgan fingerprint density at radius 2 is 2.06 bits per heavy atom. The Labute approximate surface area is 108 Å². The molecule has 0 aliphatic carbocycles. The predicted molar refractivity (Wildman–Crippen MR) is 72.0 cm³/mol. The van der Waals surface area contributed by atoms with Gasteiger partial charge in [-0.05, 0) is 12.5 Å². The Morgan fingerprint density at radius 3 is 2.44 bits per heavy atom. The van der Waals surface area contributed by atoms with Gasteiger partial charge < -0.3 is 9.47 Å². The van der Waals surface area contributed by atoms with Gasteiger partial charge in [0.2, 0.25) is 0 Å². The van der Waals surface area contributed by atoms with Gasteiger partial charge in [-0.2, -0.15) is 0 Å². The second-order valence-electron chi connectivity index (χ2n) is 3.83. The molecule has 0 radical (unpaired) electrons. The van der Waals surface area contributed by atoms with Crippen molar-refractivity contribution in [2.24, 2.45) is 0 Å². The zero-order valence-corrected chi connectivity index (χ0v) is 10.5. The summed E-state index contributed by atoms with van der Waals surface area (Å²) in [4.78, 5) is 10.6. The molecule has 1 aromatic rings. The number of carbonyl (C=O) groups is 1. The van der Waals surface area contributed by atoms with Gasteiger partial charge in [0.25, 0.3) is 0 Å². The molecule has 0 bridgehead atoms. The van der Waals surface area contributed by atoms with Crippen molar-refractivity contribution in [2.75, 3.05) is 6.61 Å². The van der Waals surface area contributed by atoms with Crippen LogP contribution in [-0.4, -0.2) is 24.8 Å². The molecule has 2 rings (SSSR count). The first kappa shape index (κ1) is 14.2. The summed E-state index contributed by atoms with van der Waals surface area (Å²) >= 11 is 0. The summed E-state index contributed by atoms with van der Waals surface area (Å²) in [7, 11) is 0. The topological polar surface area (TPSA) is 38.8 Å². The van der Waals surface area contributed by atoms with Crippen LogP contribution in [-0.2, 0) is 14.3 Å². The van der Waals surface area contributed by atoms with E-state index in [0.717, 1.165) is 6.08 Å². The smallest absolute Gasteiger partial charge is 0.330 e. The summed E-state index contributed by atoms with van der Waals surface area (Å²) in [6, 6.07) is 10.0. The quantitative estimate of drug-likeness (QED) is 0.466. The predicted octanol–water partition coefficient (Wildman–Crippen LogP) is 2.83. The minimum Gasteiger partial charge on any atom is -0.457 e. The van der Waals surface area contributed by atoms with Crippen LogP contribution in [0.2, 0.25) is 0 Å². The van der Waals surface area contributed by atoms with Gasteiger partial charge in [0.05, 0.1) is 6.61 Å². The Bertz CT molecular complexity index is 393. The Kier molecular flexibility index (Phi) is 5.88. The van der Waals surface area contributed by atoms with Crippen molar-refractivity contribution in [3.63, 3.8) is 0 Å². The molecular formula is C15H18O3. The molecule has 1 heterocycles. The van der Waals surface area contributed by atoms with Crippen LogP contribution >= 0.6 is 0 Å². The Balaban J connectivity index is 0.000000184. The molecule has 1 saturated heterocycles. The number of esters is 1. The zero-order chi connectivity index (χ0) is 13.4. The van der Waals surface area contributed by atoms with Crippen LogP contribution < -0.4 is 0 Å². The lowest BCUT2D eigenvalue weighted by atomic mass is 10.2. The highest BCUT2D eigenvalue weighted by Crippen LogP contribution is 2.16. The molecule has 0 aromatic heterocycles. The second kappa shape index (κ2) is 7.45. The van der Waals surface area contributed by atoms with Gasteiger partial charge in [-0.1, -0.05) is 49.6 Å². The molecule has 0 N–H and O–H groups in total. The molecule has 0 saturated carbocycles. The summed E-state index contributed by atoms with van der Waals surface area (Å²) in [5, 5.41) is 0. The molecule has 2 unspecified atom stereocenters. The van der Waals surface area contributed by atoms with Crippen molar-refractivity contribution in [3.8, 4) is 0 Å². The Hall–Kier alpha value is -1.87. The first-order chi connectivity index (χ1) is 8.67. The van der Waals surface area contributed by atoms with E-state index in [9.17, 15) is 4.79 Å². The molecular weight excluding hydrogens is 228 g/mol. The van der Waals surface area contributed by atoms with E-state index >= 15 is 0 Å². The summed E-state index contributed by atoms with van der Waals surface area (Å²) in [6.07, 6.45) is 2.97. The third kappa shape index (κ3) is 5.46. The number of ether oxygens (including phenoxy) is 2. The number of epoxide rings is 1. The van der Waals surface area contributed by atoms with Crippen LogP contribution in [0.4, 0.5) is 0 Å². The van der Waals surface area contributed by atoms with Crippen molar-refractivity contribution in [2.45, 2.75) is 19.1 Å².